The van der Waals surface area contributed by atoms with Crippen LogP contribution in [0.2, 0.25) is 0 Å². The van der Waals surface area contributed by atoms with E-state index < -0.39 is 0 Å². The Morgan fingerprint density at radius 1 is 1.26 bits per heavy atom. The Kier molecular flexibility index (Phi) is 5.10. The van der Waals surface area contributed by atoms with Gasteiger partial charge in [-0.25, -0.2) is 4.68 Å². The van der Waals surface area contributed by atoms with Gasteiger partial charge in [0.2, 0.25) is 0 Å². The lowest BCUT2D eigenvalue weighted by Gasteiger charge is -2.42. The summed E-state index contributed by atoms with van der Waals surface area (Å²) in [5.41, 5.74) is 3.55. The highest BCUT2D eigenvalue weighted by atomic mass is 16.5. The van der Waals surface area contributed by atoms with Crippen LogP contribution in [0.3, 0.4) is 0 Å². The number of aliphatic hydroxyl groups is 1. The SMILES string of the molecule is CO[C@@]12CC[C@H](O)C[C@@H]1N(Cc1cnn(-c3ccc(C(C)C)cc3)c1)CC2. The topological polar surface area (TPSA) is 50.5 Å². The summed E-state index contributed by atoms with van der Waals surface area (Å²) >= 11 is 0. The van der Waals surface area contributed by atoms with Gasteiger partial charge in [-0.05, 0) is 49.3 Å². The molecule has 1 saturated carbocycles. The van der Waals surface area contributed by atoms with Crippen LogP contribution < -0.4 is 0 Å². The highest BCUT2D eigenvalue weighted by Gasteiger charge is 2.50. The standard InChI is InChI=1S/C22H31N3O2/c1-16(2)18-4-6-19(7-5-18)25-15-17(13-23-25)14-24-11-10-22(27-3)9-8-20(26)12-21(22)24/h4-7,13,15-16,20-21,26H,8-12,14H2,1-3H3/t20-,21-,22+/m0/s1. The molecule has 3 atom stereocenters. The Labute approximate surface area is 161 Å². The zero-order valence-electron chi connectivity index (χ0n) is 16.6. The van der Waals surface area contributed by atoms with Gasteiger partial charge in [-0.2, -0.15) is 5.10 Å². The molecule has 2 fully saturated rings. The van der Waals surface area contributed by atoms with Crippen LogP contribution in [0.15, 0.2) is 36.7 Å². The Balaban J connectivity index is 1.48. The lowest BCUT2D eigenvalue weighted by atomic mass is 9.79. The van der Waals surface area contributed by atoms with Crippen molar-refractivity contribution in [3.63, 3.8) is 0 Å². The van der Waals surface area contributed by atoms with Crippen LogP contribution >= 0.6 is 0 Å². The molecular formula is C22H31N3O2. The number of hydrogen-bond donors (Lipinski definition) is 1. The molecule has 0 spiro atoms. The summed E-state index contributed by atoms with van der Waals surface area (Å²) in [6.07, 6.45) is 7.53. The van der Waals surface area contributed by atoms with Crippen LogP contribution in [0.25, 0.3) is 5.69 Å². The summed E-state index contributed by atoms with van der Waals surface area (Å²) in [4.78, 5) is 2.47. The minimum atomic E-state index is -0.207. The third-order valence-electron chi connectivity index (χ3n) is 6.52. The molecule has 2 aliphatic rings. The first kappa shape index (κ1) is 18.7. The van der Waals surface area contributed by atoms with Crippen LogP contribution in [-0.2, 0) is 11.3 Å². The molecule has 5 heteroatoms. The van der Waals surface area contributed by atoms with Gasteiger partial charge in [-0.1, -0.05) is 26.0 Å². The van der Waals surface area contributed by atoms with Gasteiger partial charge < -0.3 is 9.84 Å². The Morgan fingerprint density at radius 3 is 2.74 bits per heavy atom. The van der Waals surface area contributed by atoms with Crippen molar-refractivity contribution in [2.75, 3.05) is 13.7 Å². The van der Waals surface area contributed by atoms with Gasteiger partial charge in [0.05, 0.1) is 23.6 Å². The number of aromatic nitrogens is 2. The number of fused-ring (bicyclic) bond motifs is 1. The van der Waals surface area contributed by atoms with Crippen molar-refractivity contribution in [2.24, 2.45) is 0 Å². The summed E-state index contributed by atoms with van der Waals surface area (Å²) in [6.45, 7) is 6.28. The molecule has 1 N–H and O–H groups in total. The monoisotopic (exact) mass is 369 g/mol. The van der Waals surface area contributed by atoms with Gasteiger partial charge in [-0.15, -0.1) is 0 Å². The maximum absolute atomic E-state index is 10.2. The van der Waals surface area contributed by atoms with E-state index in [1.165, 1.54) is 11.1 Å². The van der Waals surface area contributed by atoms with Gasteiger partial charge in [-0.3, -0.25) is 4.90 Å². The smallest absolute Gasteiger partial charge is 0.0847 e. The van der Waals surface area contributed by atoms with Crippen molar-refractivity contribution in [1.82, 2.24) is 14.7 Å². The van der Waals surface area contributed by atoms with Crippen molar-refractivity contribution < 1.29 is 9.84 Å². The average molecular weight is 370 g/mol. The van der Waals surface area contributed by atoms with Gasteiger partial charge in [0.1, 0.15) is 0 Å². The number of aliphatic hydroxyl groups excluding tert-OH is 1. The van der Waals surface area contributed by atoms with E-state index in [2.05, 4.69) is 54.3 Å². The number of methoxy groups -OCH3 is 1. The van der Waals surface area contributed by atoms with Crippen molar-refractivity contribution in [3.8, 4) is 5.69 Å². The molecule has 1 aromatic heterocycles. The number of hydrogen-bond acceptors (Lipinski definition) is 4. The molecule has 0 unspecified atom stereocenters. The summed E-state index contributed by atoms with van der Waals surface area (Å²) in [6, 6.07) is 8.92. The maximum atomic E-state index is 10.2. The normalized spacial score (nSPS) is 28.6. The fraction of sp³-hybridized carbons (Fsp3) is 0.591. The number of ether oxygens (including phenoxy) is 1. The van der Waals surface area contributed by atoms with E-state index in [1.807, 2.05) is 18.0 Å². The molecule has 146 valence electrons. The van der Waals surface area contributed by atoms with Crippen molar-refractivity contribution in [1.29, 1.82) is 0 Å². The van der Waals surface area contributed by atoms with Crippen LogP contribution in [0.1, 0.15) is 56.6 Å². The Hall–Kier alpha value is -1.69. The molecule has 0 amide bonds. The van der Waals surface area contributed by atoms with E-state index >= 15 is 0 Å². The predicted octanol–water partition coefficient (Wildman–Crippen LogP) is 3.50. The minimum absolute atomic E-state index is 0.0814. The third-order valence-corrected chi connectivity index (χ3v) is 6.52. The molecule has 1 aliphatic heterocycles. The first-order valence-electron chi connectivity index (χ1n) is 10.1. The van der Waals surface area contributed by atoms with Crippen LogP contribution in [0, 0.1) is 0 Å². The molecule has 1 aliphatic carbocycles. The second kappa shape index (κ2) is 7.38. The average Bonchev–Trinajstić information content (AvgIpc) is 3.28. The predicted molar refractivity (Wildman–Crippen MR) is 106 cm³/mol. The van der Waals surface area contributed by atoms with E-state index in [4.69, 9.17) is 4.74 Å². The van der Waals surface area contributed by atoms with Gasteiger partial charge in [0, 0.05) is 38.0 Å². The molecule has 0 bridgehead atoms. The number of benzene rings is 1. The largest absolute Gasteiger partial charge is 0.393 e. The number of likely N-dealkylation sites (tertiary alicyclic amines) is 1. The van der Waals surface area contributed by atoms with Gasteiger partial charge in [0.25, 0.3) is 0 Å². The molecule has 4 rings (SSSR count). The summed E-state index contributed by atoms with van der Waals surface area (Å²) in [7, 11) is 1.83. The molecule has 0 radical (unpaired) electrons. The highest BCUT2D eigenvalue weighted by Crippen LogP contribution is 2.42. The fourth-order valence-corrected chi connectivity index (χ4v) is 4.79. The summed E-state index contributed by atoms with van der Waals surface area (Å²) < 4.78 is 7.90. The van der Waals surface area contributed by atoms with Crippen molar-refractivity contribution >= 4 is 0 Å². The number of rotatable bonds is 5. The van der Waals surface area contributed by atoms with E-state index in [0.29, 0.717) is 12.0 Å². The zero-order valence-corrected chi connectivity index (χ0v) is 16.6. The molecule has 2 aromatic rings. The second-order valence-corrected chi connectivity index (χ2v) is 8.47. The van der Waals surface area contributed by atoms with Crippen LogP contribution in [-0.4, -0.2) is 51.2 Å². The van der Waals surface area contributed by atoms with Gasteiger partial charge in [0.15, 0.2) is 0 Å². The van der Waals surface area contributed by atoms with E-state index in [9.17, 15) is 5.11 Å². The lowest BCUT2D eigenvalue weighted by molar-refractivity contribution is -0.0879. The Morgan fingerprint density at radius 2 is 2.04 bits per heavy atom. The molecule has 5 nitrogen and oxygen atoms in total. The molecule has 1 saturated heterocycles. The van der Waals surface area contributed by atoms with E-state index in [1.54, 1.807) is 0 Å². The first-order chi connectivity index (χ1) is 13.0. The zero-order chi connectivity index (χ0) is 19.0. The maximum Gasteiger partial charge on any atom is 0.0847 e. The second-order valence-electron chi connectivity index (χ2n) is 8.47. The van der Waals surface area contributed by atoms with Crippen molar-refractivity contribution in [3.05, 3.63) is 47.8 Å². The third kappa shape index (κ3) is 3.56. The Bertz CT molecular complexity index is 770. The molecule has 27 heavy (non-hydrogen) atoms. The lowest BCUT2D eigenvalue weighted by Crippen LogP contribution is -2.51. The fourth-order valence-electron chi connectivity index (χ4n) is 4.79. The molecule has 1 aromatic carbocycles. The van der Waals surface area contributed by atoms with E-state index in [0.717, 1.165) is 44.5 Å². The summed E-state index contributed by atoms with van der Waals surface area (Å²) in [5.74, 6) is 0.536. The van der Waals surface area contributed by atoms with Gasteiger partial charge >= 0.3 is 0 Å². The minimum Gasteiger partial charge on any atom is -0.393 e. The van der Waals surface area contributed by atoms with E-state index in [-0.39, 0.29) is 11.7 Å². The summed E-state index contributed by atoms with van der Waals surface area (Å²) in [5, 5.41) is 14.7. The quantitative estimate of drug-likeness (QED) is 0.876. The van der Waals surface area contributed by atoms with Crippen LogP contribution in [0.4, 0.5) is 0 Å². The highest BCUT2D eigenvalue weighted by molar-refractivity contribution is 5.35. The van der Waals surface area contributed by atoms with Crippen LogP contribution in [0.5, 0.6) is 0 Å². The first-order valence-corrected chi connectivity index (χ1v) is 10.1. The molecular weight excluding hydrogens is 338 g/mol. The number of nitrogens with zero attached hydrogens (tertiary/aromatic N) is 3. The van der Waals surface area contributed by atoms with Crippen molar-refractivity contribution in [2.45, 2.75) is 69.7 Å². The molecule has 2 heterocycles.